The average Bonchev–Trinajstić information content (AvgIpc) is 3.14. The Balaban J connectivity index is 1.58. The number of benzene rings is 2. The molecule has 0 spiro atoms. The molecule has 1 aliphatic heterocycles. The molecule has 0 radical (unpaired) electrons. The average molecular weight is 416 g/mol. The third-order valence-corrected chi connectivity index (χ3v) is 5.54. The summed E-state index contributed by atoms with van der Waals surface area (Å²) in [6, 6.07) is 18.9. The number of nitrogens with zero attached hydrogens (tertiary/aromatic N) is 1. The summed E-state index contributed by atoms with van der Waals surface area (Å²) in [5.74, 6) is 1.25. The molecular formula is C21H26BrN3O. The van der Waals surface area contributed by atoms with Crippen molar-refractivity contribution in [1.29, 1.82) is 0 Å². The monoisotopic (exact) mass is 415 g/mol. The maximum atomic E-state index is 5.98. The van der Waals surface area contributed by atoms with Crippen molar-refractivity contribution in [2.75, 3.05) is 20.2 Å². The van der Waals surface area contributed by atoms with E-state index in [2.05, 4.69) is 80.9 Å². The highest BCUT2D eigenvalue weighted by atomic mass is 79.9. The largest absolute Gasteiger partial charge is 0.373 e. The second-order valence-electron chi connectivity index (χ2n) is 6.59. The van der Waals surface area contributed by atoms with Gasteiger partial charge in [-0.15, -0.1) is 0 Å². The molecule has 2 aromatic carbocycles. The van der Waals surface area contributed by atoms with E-state index in [-0.39, 0.29) is 12.1 Å². The van der Waals surface area contributed by atoms with E-state index in [0.717, 1.165) is 30.0 Å². The standard InChI is InChI=1S/C21H26BrN3O/c1-15(18-10-6-7-11-19(18)22)25-21(23-2)24-14-17-12-13-26-20(17)16-8-4-3-5-9-16/h3-11,15,17,20H,12-14H2,1-2H3,(H2,23,24,25). The van der Waals surface area contributed by atoms with E-state index in [0.29, 0.717) is 5.92 Å². The number of ether oxygens (including phenoxy) is 1. The Morgan fingerprint density at radius 2 is 1.92 bits per heavy atom. The lowest BCUT2D eigenvalue weighted by molar-refractivity contribution is 0.0915. The molecule has 1 aliphatic rings. The van der Waals surface area contributed by atoms with Crippen molar-refractivity contribution in [3.8, 4) is 0 Å². The van der Waals surface area contributed by atoms with Gasteiger partial charge in [-0.3, -0.25) is 4.99 Å². The summed E-state index contributed by atoms with van der Waals surface area (Å²) >= 11 is 3.62. The summed E-state index contributed by atoms with van der Waals surface area (Å²) in [6.07, 6.45) is 1.21. The minimum Gasteiger partial charge on any atom is -0.373 e. The van der Waals surface area contributed by atoms with Crippen LogP contribution in [0.4, 0.5) is 0 Å². The highest BCUT2D eigenvalue weighted by Crippen LogP contribution is 2.33. The normalized spacial score (nSPS) is 21.4. The predicted octanol–water partition coefficient (Wildman–Crippen LogP) is 4.45. The number of halogens is 1. The van der Waals surface area contributed by atoms with Crippen LogP contribution in [0.5, 0.6) is 0 Å². The van der Waals surface area contributed by atoms with Crippen molar-refractivity contribution in [3.63, 3.8) is 0 Å². The maximum Gasteiger partial charge on any atom is 0.191 e. The van der Waals surface area contributed by atoms with Gasteiger partial charge in [0.1, 0.15) is 0 Å². The second-order valence-corrected chi connectivity index (χ2v) is 7.45. The third-order valence-electron chi connectivity index (χ3n) is 4.82. The molecule has 1 saturated heterocycles. The van der Waals surface area contributed by atoms with Gasteiger partial charge in [0.2, 0.25) is 0 Å². The van der Waals surface area contributed by atoms with Gasteiger partial charge in [-0.05, 0) is 30.5 Å². The SMILES string of the molecule is CN=C(NCC1CCOC1c1ccccc1)NC(C)c1ccccc1Br. The summed E-state index contributed by atoms with van der Waals surface area (Å²) in [4.78, 5) is 4.38. The fourth-order valence-corrected chi connectivity index (χ4v) is 4.01. The van der Waals surface area contributed by atoms with Crippen LogP contribution in [-0.4, -0.2) is 26.2 Å². The fraction of sp³-hybridized carbons (Fsp3) is 0.381. The number of hydrogen-bond acceptors (Lipinski definition) is 2. The number of guanidine groups is 1. The van der Waals surface area contributed by atoms with Gasteiger partial charge < -0.3 is 15.4 Å². The van der Waals surface area contributed by atoms with Crippen LogP contribution in [0.1, 0.15) is 36.6 Å². The molecule has 26 heavy (non-hydrogen) atoms. The molecule has 1 heterocycles. The van der Waals surface area contributed by atoms with Crippen LogP contribution in [0, 0.1) is 5.92 Å². The summed E-state index contributed by atoms with van der Waals surface area (Å²) in [5, 5.41) is 6.95. The minimum atomic E-state index is 0.154. The van der Waals surface area contributed by atoms with E-state index in [1.54, 1.807) is 0 Å². The summed E-state index contributed by atoms with van der Waals surface area (Å²) in [7, 11) is 1.81. The molecule has 0 aliphatic carbocycles. The zero-order chi connectivity index (χ0) is 18.4. The first-order chi connectivity index (χ1) is 12.7. The lowest BCUT2D eigenvalue weighted by atomic mass is 9.95. The van der Waals surface area contributed by atoms with Crippen LogP contribution < -0.4 is 10.6 Å². The van der Waals surface area contributed by atoms with Gasteiger partial charge in [0.15, 0.2) is 5.96 Å². The molecule has 138 valence electrons. The highest BCUT2D eigenvalue weighted by Gasteiger charge is 2.29. The summed E-state index contributed by atoms with van der Waals surface area (Å²) in [5.41, 5.74) is 2.46. The van der Waals surface area contributed by atoms with Gasteiger partial charge in [-0.2, -0.15) is 0 Å². The molecule has 2 aromatic rings. The van der Waals surface area contributed by atoms with Crippen LogP contribution in [0.15, 0.2) is 64.1 Å². The Morgan fingerprint density at radius 1 is 1.19 bits per heavy atom. The molecule has 0 aromatic heterocycles. The van der Waals surface area contributed by atoms with Crippen molar-refractivity contribution in [1.82, 2.24) is 10.6 Å². The molecule has 2 N–H and O–H groups in total. The Bertz CT molecular complexity index is 735. The van der Waals surface area contributed by atoms with Gasteiger partial charge >= 0.3 is 0 Å². The Kier molecular flexibility index (Phi) is 6.69. The molecule has 3 atom stereocenters. The van der Waals surface area contributed by atoms with Gasteiger partial charge in [0, 0.05) is 30.6 Å². The summed E-state index contributed by atoms with van der Waals surface area (Å²) in [6.45, 7) is 3.78. The molecule has 1 fully saturated rings. The minimum absolute atomic E-state index is 0.154. The smallest absolute Gasteiger partial charge is 0.191 e. The highest BCUT2D eigenvalue weighted by molar-refractivity contribution is 9.10. The Labute approximate surface area is 164 Å². The second kappa shape index (κ2) is 9.19. The number of hydrogen-bond donors (Lipinski definition) is 2. The van der Waals surface area contributed by atoms with Crippen LogP contribution in [0.3, 0.4) is 0 Å². The molecule has 0 bridgehead atoms. The first-order valence-corrected chi connectivity index (χ1v) is 9.86. The number of rotatable bonds is 5. The van der Waals surface area contributed by atoms with E-state index in [1.807, 2.05) is 19.2 Å². The van der Waals surface area contributed by atoms with E-state index < -0.39 is 0 Å². The van der Waals surface area contributed by atoms with E-state index in [9.17, 15) is 0 Å². The summed E-state index contributed by atoms with van der Waals surface area (Å²) < 4.78 is 7.08. The van der Waals surface area contributed by atoms with Crippen LogP contribution >= 0.6 is 15.9 Å². The van der Waals surface area contributed by atoms with Crippen LogP contribution in [0.2, 0.25) is 0 Å². The predicted molar refractivity (Wildman–Crippen MR) is 110 cm³/mol. The van der Waals surface area contributed by atoms with Gasteiger partial charge in [0.05, 0.1) is 12.1 Å². The van der Waals surface area contributed by atoms with Gasteiger partial charge in [0.25, 0.3) is 0 Å². The quantitative estimate of drug-likeness (QED) is 0.559. The number of aliphatic imine (C=N–C) groups is 1. The molecule has 0 amide bonds. The molecule has 3 rings (SSSR count). The van der Waals surface area contributed by atoms with Gasteiger partial charge in [-0.25, -0.2) is 0 Å². The molecule has 0 saturated carbocycles. The zero-order valence-corrected chi connectivity index (χ0v) is 16.9. The van der Waals surface area contributed by atoms with Crippen LogP contribution in [0.25, 0.3) is 0 Å². The lowest BCUT2D eigenvalue weighted by Gasteiger charge is -2.23. The van der Waals surface area contributed by atoms with E-state index in [4.69, 9.17) is 4.74 Å². The maximum absolute atomic E-state index is 5.98. The number of nitrogens with one attached hydrogen (secondary N) is 2. The van der Waals surface area contributed by atoms with Crippen molar-refractivity contribution >= 4 is 21.9 Å². The van der Waals surface area contributed by atoms with Gasteiger partial charge in [-0.1, -0.05) is 64.5 Å². The Hall–Kier alpha value is -1.85. The van der Waals surface area contributed by atoms with Crippen LogP contribution in [-0.2, 0) is 4.74 Å². The first kappa shape index (κ1) is 18.9. The molecular weight excluding hydrogens is 390 g/mol. The van der Waals surface area contributed by atoms with E-state index in [1.165, 1.54) is 11.1 Å². The lowest BCUT2D eigenvalue weighted by Crippen LogP contribution is -2.41. The van der Waals surface area contributed by atoms with E-state index >= 15 is 0 Å². The molecule has 5 heteroatoms. The Morgan fingerprint density at radius 3 is 2.65 bits per heavy atom. The third kappa shape index (κ3) is 4.65. The molecule has 4 nitrogen and oxygen atoms in total. The van der Waals surface area contributed by atoms with Crippen molar-refractivity contribution in [3.05, 3.63) is 70.2 Å². The van der Waals surface area contributed by atoms with Crippen molar-refractivity contribution < 1.29 is 4.74 Å². The van der Waals surface area contributed by atoms with Crippen molar-refractivity contribution in [2.45, 2.75) is 25.5 Å². The topological polar surface area (TPSA) is 45.7 Å². The van der Waals surface area contributed by atoms with Crippen molar-refractivity contribution in [2.24, 2.45) is 10.9 Å². The molecule has 3 unspecified atom stereocenters. The zero-order valence-electron chi connectivity index (χ0n) is 15.3. The first-order valence-electron chi connectivity index (χ1n) is 9.07. The fourth-order valence-electron chi connectivity index (χ4n) is 3.39.